The number of amides is 1. The van der Waals surface area contributed by atoms with Gasteiger partial charge >= 0.3 is 11.9 Å². The zero-order valence-corrected chi connectivity index (χ0v) is 14.1. The van der Waals surface area contributed by atoms with Gasteiger partial charge in [-0.3, -0.25) is 14.9 Å². The molecule has 2 aromatic carbocycles. The quantitative estimate of drug-likeness (QED) is 0.584. The van der Waals surface area contributed by atoms with E-state index in [1.165, 1.54) is 37.4 Å². The molecule has 1 N–H and O–H groups in total. The van der Waals surface area contributed by atoms with Crippen LogP contribution in [0.2, 0.25) is 0 Å². The van der Waals surface area contributed by atoms with E-state index < -0.39 is 29.2 Å². The van der Waals surface area contributed by atoms with Crippen LogP contribution in [0.4, 0.5) is 18.9 Å². The molecule has 0 aliphatic rings. The lowest BCUT2D eigenvalue weighted by atomic mass is 10.1. The van der Waals surface area contributed by atoms with Crippen molar-refractivity contribution in [3.05, 3.63) is 63.7 Å². The van der Waals surface area contributed by atoms with E-state index in [2.05, 4.69) is 5.32 Å². The standard InChI is InChI=1S/C17H15F3N2O5/c1-26-15-8-13(5-6-14(15)22(24)25)27-10-16(23)21-9-11-3-2-4-12(7-11)17(18,19)20/h2-8H,9-10H2,1H3,(H,21,23). The van der Waals surface area contributed by atoms with Crippen LogP contribution < -0.4 is 14.8 Å². The number of methoxy groups -OCH3 is 1. The summed E-state index contributed by atoms with van der Waals surface area (Å²) in [6.07, 6.45) is -4.46. The van der Waals surface area contributed by atoms with Gasteiger partial charge in [-0.05, 0) is 23.8 Å². The number of nitrogens with one attached hydrogen (secondary N) is 1. The Morgan fingerprint density at radius 1 is 1.22 bits per heavy atom. The van der Waals surface area contributed by atoms with E-state index >= 15 is 0 Å². The van der Waals surface area contributed by atoms with Crippen LogP contribution in [0.1, 0.15) is 11.1 Å². The smallest absolute Gasteiger partial charge is 0.416 e. The highest BCUT2D eigenvalue weighted by molar-refractivity contribution is 5.77. The largest absolute Gasteiger partial charge is 0.490 e. The molecule has 0 aliphatic carbocycles. The van der Waals surface area contributed by atoms with Crippen LogP contribution >= 0.6 is 0 Å². The van der Waals surface area contributed by atoms with Crippen molar-refractivity contribution in [2.24, 2.45) is 0 Å². The molecule has 0 unspecified atom stereocenters. The molecule has 0 atom stereocenters. The number of nitro groups is 1. The third-order valence-corrected chi connectivity index (χ3v) is 3.46. The van der Waals surface area contributed by atoms with Gasteiger partial charge in [-0.2, -0.15) is 13.2 Å². The Kier molecular flexibility index (Phi) is 6.22. The van der Waals surface area contributed by atoms with Crippen LogP contribution in [-0.4, -0.2) is 24.5 Å². The van der Waals surface area contributed by atoms with Crippen LogP contribution in [0.5, 0.6) is 11.5 Å². The lowest BCUT2D eigenvalue weighted by molar-refractivity contribution is -0.385. The van der Waals surface area contributed by atoms with Gasteiger partial charge in [0.1, 0.15) is 5.75 Å². The number of hydrogen-bond acceptors (Lipinski definition) is 5. The maximum Gasteiger partial charge on any atom is 0.416 e. The van der Waals surface area contributed by atoms with E-state index in [-0.39, 0.29) is 29.3 Å². The Balaban J connectivity index is 1.91. The van der Waals surface area contributed by atoms with Gasteiger partial charge in [0, 0.05) is 18.7 Å². The van der Waals surface area contributed by atoms with E-state index in [1.54, 1.807) is 0 Å². The molecule has 2 aromatic rings. The monoisotopic (exact) mass is 384 g/mol. The molecule has 27 heavy (non-hydrogen) atoms. The van der Waals surface area contributed by atoms with E-state index in [9.17, 15) is 28.1 Å². The number of nitro benzene ring substituents is 1. The van der Waals surface area contributed by atoms with E-state index in [0.717, 1.165) is 12.1 Å². The van der Waals surface area contributed by atoms with Crippen LogP contribution in [0.3, 0.4) is 0 Å². The average molecular weight is 384 g/mol. The van der Waals surface area contributed by atoms with Gasteiger partial charge in [0.25, 0.3) is 5.91 Å². The summed E-state index contributed by atoms with van der Waals surface area (Å²) in [4.78, 5) is 22.0. The number of rotatable bonds is 7. The second-order valence-electron chi connectivity index (χ2n) is 5.35. The molecule has 2 rings (SSSR count). The first kappa shape index (κ1) is 20.0. The summed E-state index contributed by atoms with van der Waals surface area (Å²) in [6, 6.07) is 8.34. The summed E-state index contributed by atoms with van der Waals surface area (Å²) < 4.78 is 48.1. The molecule has 144 valence electrons. The second-order valence-corrected chi connectivity index (χ2v) is 5.35. The highest BCUT2D eigenvalue weighted by atomic mass is 19.4. The number of benzene rings is 2. The number of halogens is 3. The van der Waals surface area contributed by atoms with E-state index in [1.807, 2.05) is 0 Å². The Morgan fingerprint density at radius 2 is 1.96 bits per heavy atom. The minimum Gasteiger partial charge on any atom is -0.490 e. The predicted octanol–water partition coefficient (Wildman–Crippen LogP) is 3.32. The van der Waals surface area contributed by atoms with Crippen LogP contribution in [-0.2, 0) is 17.5 Å². The molecule has 0 aromatic heterocycles. The second kappa shape index (κ2) is 8.39. The number of hydrogen-bond donors (Lipinski definition) is 1. The van der Waals surface area contributed by atoms with Crippen molar-refractivity contribution < 1.29 is 32.4 Å². The fourth-order valence-electron chi connectivity index (χ4n) is 2.16. The number of nitrogens with zero attached hydrogens (tertiary/aromatic N) is 1. The molecule has 0 heterocycles. The molecular weight excluding hydrogens is 369 g/mol. The van der Waals surface area contributed by atoms with Crippen LogP contribution in [0, 0.1) is 10.1 Å². The van der Waals surface area contributed by atoms with Crippen molar-refractivity contribution in [3.63, 3.8) is 0 Å². The fraction of sp³-hybridized carbons (Fsp3) is 0.235. The maximum atomic E-state index is 12.7. The van der Waals surface area contributed by atoms with Gasteiger partial charge in [-0.15, -0.1) is 0 Å². The summed E-state index contributed by atoms with van der Waals surface area (Å²) >= 11 is 0. The molecule has 1 amide bonds. The molecule has 0 radical (unpaired) electrons. The highest BCUT2D eigenvalue weighted by Gasteiger charge is 2.30. The number of carbonyl (C=O) groups is 1. The molecule has 0 spiro atoms. The summed E-state index contributed by atoms with van der Waals surface area (Å²) in [5, 5.41) is 13.2. The number of ether oxygens (including phenoxy) is 2. The van der Waals surface area contributed by atoms with Gasteiger partial charge in [0.05, 0.1) is 17.6 Å². The Hall–Kier alpha value is -3.30. The molecular formula is C17H15F3N2O5. The zero-order valence-electron chi connectivity index (χ0n) is 14.1. The predicted molar refractivity (Wildman–Crippen MR) is 88.4 cm³/mol. The molecule has 0 saturated heterocycles. The van der Waals surface area contributed by atoms with Crippen molar-refractivity contribution >= 4 is 11.6 Å². The van der Waals surface area contributed by atoms with Gasteiger partial charge in [0.2, 0.25) is 5.75 Å². The van der Waals surface area contributed by atoms with Crippen molar-refractivity contribution in [1.82, 2.24) is 5.32 Å². The fourth-order valence-corrected chi connectivity index (χ4v) is 2.16. The Labute approximate surface area is 151 Å². The normalized spacial score (nSPS) is 11.0. The lowest BCUT2D eigenvalue weighted by Crippen LogP contribution is -2.28. The Bertz CT molecular complexity index is 840. The zero-order chi connectivity index (χ0) is 20.0. The van der Waals surface area contributed by atoms with E-state index in [0.29, 0.717) is 0 Å². The number of carbonyl (C=O) groups excluding carboxylic acids is 1. The van der Waals surface area contributed by atoms with E-state index in [4.69, 9.17) is 9.47 Å². The molecule has 10 heteroatoms. The topological polar surface area (TPSA) is 90.7 Å². The summed E-state index contributed by atoms with van der Waals surface area (Å²) in [5.41, 5.74) is -0.766. The molecule has 0 saturated carbocycles. The molecule has 0 bridgehead atoms. The first-order valence-corrected chi connectivity index (χ1v) is 7.59. The first-order valence-electron chi connectivity index (χ1n) is 7.59. The first-order chi connectivity index (χ1) is 12.7. The van der Waals surface area contributed by atoms with Gasteiger partial charge in [-0.25, -0.2) is 0 Å². The minimum absolute atomic E-state index is 0.0260. The third kappa shape index (κ3) is 5.59. The Morgan fingerprint density at radius 3 is 2.59 bits per heavy atom. The number of alkyl halides is 3. The van der Waals surface area contributed by atoms with Crippen molar-refractivity contribution in [1.29, 1.82) is 0 Å². The van der Waals surface area contributed by atoms with Gasteiger partial charge in [-0.1, -0.05) is 12.1 Å². The lowest BCUT2D eigenvalue weighted by Gasteiger charge is -2.10. The minimum atomic E-state index is -4.46. The SMILES string of the molecule is COc1cc(OCC(=O)NCc2cccc(C(F)(F)F)c2)ccc1[N+](=O)[O-]. The summed E-state index contributed by atoms with van der Waals surface area (Å²) in [7, 11) is 1.26. The summed E-state index contributed by atoms with van der Waals surface area (Å²) in [6.45, 7) is -0.518. The van der Waals surface area contributed by atoms with Crippen LogP contribution in [0.25, 0.3) is 0 Å². The van der Waals surface area contributed by atoms with Crippen molar-refractivity contribution in [3.8, 4) is 11.5 Å². The van der Waals surface area contributed by atoms with Crippen molar-refractivity contribution in [2.75, 3.05) is 13.7 Å². The van der Waals surface area contributed by atoms with Crippen LogP contribution in [0.15, 0.2) is 42.5 Å². The molecule has 7 nitrogen and oxygen atoms in total. The van der Waals surface area contributed by atoms with Gasteiger partial charge < -0.3 is 14.8 Å². The third-order valence-electron chi connectivity index (χ3n) is 3.46. The van der Waals surface area contributed by atoms with Gasteiger partial charge in [0.15, 0.2) is 6.61 Å². The maximum absolute atomic E-state index is 12.7. The molecule has 0 fully saturated rings. The highest BCUT2D eigenvalue weighted by Crippen LogP contribution is 2.31. The summed E-state index contributed by atoms with van der Waals surface area (Å²) in [5.74, 6) is -0.418. The molecule has 0 aliphatic heterocycles. The average Bonchev–Trinajstić information content (AvgIpc) is 2.63. The van der Waals surface area contributed by atoms with Crippen molar-refractivity contribution in [2.45, 2.75) is 12.7 Å².